The molecular formula is C22H21NO3S2. The highest BCUT2D eigenvalue weighted by atomic mass is 32.2. The molecule has 1 atom stereocenters. The van der Waals surface area contributed by atoms with Crippen LogP contribution in [0.15, 0.2) is 58.3 Å². The number of rotatable bonds is 7. The Morgan fingerprint density at radius 2 is 1.82 bits per heavy atom. The van der Waals surface area contributed by atoms with E-state index in [1.54, 1.807) is 54.3 Å². The first-order chi connectivity index (χ1) is 13.4. The third-order valence-electron chi connectivity index (χ3n) is 4.18. The molecule has 0 bridgehead atoms. The first-order valence-electron chi connectivity index (χ1n) is 8.88. The molecule has 0 aliphatic rings. The lowest BCUT2D eigenvalue weighted by atomic mass is 10.1. The van der Waals surface area contributed by atoms with Gasteiger partial charge in [-0.2, -0.15) is 0 Å². The van der Waals surface area contributed by atoms with Gasteiger partial charge in [-0.3, -0.25) is 4.79 Å². The number of aryl methyl sites for hydroxylation is 2. The molecule has 1 heterocycles. The van der Waals surface area contributed by atoms with Crippen molar-refractivity contribution in [1.82, 2.24) is 4.98 Å². The van der Waals surface area contributed by atoms with Crippen molar-refractivity contribution in [3.8, 4) is 0 Å². The Bertz CT molecular complexity index is 979. The lowest BCUT2D eigenvalue weighted by Crippen LogP contribution is -2.25. The van der Waals surface area contributed by atoms with E-state index in [-0.39, 0.29) is 5.78 Å². The molecule has 0 saturated carbocycles. The number of hydrogen-bond acceptors (Lipinski definition) is 6. The van der Waals surface area contributed by atoms with Gasteiger partial charge in [-0.05, 0) is 32.4 Å². The molecule has 0 saturated heterocycles. The van der Waals surface area contributed by atoms with Crippen molar-refractivity contribution >= 4 is 34.9 Å². The van der Waals surface area contributed by atoms with E-state index in [0.717, 1.165) is 21.2 Å². The van der Waals surface area contributed by atoms with Gasteiger partial charge >= 0.3 is 5.97 Å². The second-order valence-corrected chi connectivity index (χ2v) is 8.56. The number of ketones is 1. The highest BCUT2D eigenvalue weighted by Gasteiger charge is 2.22. The molecule has 0 aliphatic heterocycles. The number of aromatic nitrogens is 1. The van der Waals surface area contributed by atoms with Crippen molar-refractivity contribution in [2.75, 3.05) is 0 Å². The molecule has 0 fully saturated rings. The molecule has 3 rings (SSSR count). The number of carbonyl (C=O) groups excluding carboxylic acids is 2. The van der Waals surface area contributed by atoms with Crippen molar-refractivity contribution in [2.24, 2.45) is 0 Å². The second kappa shape index (κ2) is 9.17. The molecule has 0 radical (unpaired) electrons. The molecule has 0 N–H and O–H groups in total. The summed E-state index contributed by atoms with van der Waals surface area (Å²) in [5, 5.41) is 2.00. The third kappa shape index (κ3) is 5.09. The van der Waals surface area contributed by atoms with Crippen LogP contribution in [-0.2, 0) is 10.5 Å². The van der Waals surface area contributed by atoms with E-state index in [0.29, 0.717) is 16.9 Å². The van der Waals surface area contributed by atoms with Crippen molar-refractivity contribution in [2.45, 2.75) is 37.0 Å². The topological polar surface area (TPSA) is 56.3 Å². The van der Waals surface area contributed by atoms with Gasteiger partial charge in [-0.25, -0.2) is 9.78 Å². The summed E-state index contributed by atoms with van der Waals surface area (Å²) in [6.07, 6.45) is -0.850. The summed E-state index contributed by atoms with van der Waals surface area (Å²) < 4.78 is 6.43. The smallest absolute Gasteiger partial charge is 0.339 e. The van der Waals surface area contributed by atoms with E-state index in [1.807, 2.05) is 43.5 Å². The molecule has 2 aromatic carbocycles. The molecule has 144 valence electrons. The van der Waals surface area contributed by atoms with Crippen LogP contribution >= 0.6 is 23.1 Å². The highest BCUT2D eigenvalue weighted by molar-refractivity contribution is 8.00. The SMILES string of the molecule is Cc1ccc(C(=O)[C@H](C)OC(=O)c2ccccc2CSc2nc(C)cs2)cc1. The summed E-state index contributed by atoms with van der Waals surface area (Å²) in [4.78, 5) is 29.6. The molecule has 6 heteroatoms. The first-order valence-corrected chi connectivity index (χ1v) is 10.8. The zero-order valence-electron chi connectivity index (χ0n) is 16.0. The average molecular weight is 412 g/mol. The summed E-state index contributed by atoms with van der Waals surface area (Å²) in [7, 11) is 0. The molecule has 28 heavy (non-hydrogen) atoms. The molecule has 1 aromatic heterocycles. The van der Waals surface area contributed by atoms with Crippen molar-refractivity contribution in [3.63, 3.8) is 0 Å². The van der Waals surface area contributed by atoms with E-state index in [2.05, 4.69) is 4.98 Å². The Morgan fingerprint density at radius 1 is 1.11 bits per heavy atom. The van der Waals surface area contributed by atoms with Crippen LogP contribution in [0.25, 0.3) is 0 Å². The Morgan fingerprint density at radius 3 is 2.50 bits per heavy atom. The highest BCUT2D eigenvalue weighted by Crippen LogP contribution is 2.27. The van der Waals surface area contributed by atoms with Gasteiger partial charge < -0.3 is 4.74 Å². The maximum atomic E-state index is 12.7. The zero-order valence-corrected chi connectivity index (χ0v) is 17.6. The number of thiazole rings is 1. The van der Waals surface area contributed by atoms with Gasteiger partial charge in [0.2, 0.25) is 5.78 Å². The van der Waals surface area contributed by atoms with Crippen LogP contribution in [0.4, 0.5) is 0 Å². The summed E-state index contributed by atoms with van der Waals surface area (Å²) in [5.74, 6) is -0.0867. The fraction of sp³-hybridized carbons (Fsp3) is 0.227. The number of ether oxygens (including phenoxy) is 1. The molecule has 0 unspecified atom stereocenters. The van der Waals surface area contributed by atoms with Crippen LogP contribution in [0, 0.1) is 13.8 Å². The number of carbonyl (C=O) groups is 2. The Balaban J connectivity index is 1.68. The van der Waals surface area contributed by atoms with Crippen molar-refractivity contribution in [1.29, 1.82) is 0 Å². The van der Waals surface area contributed by atoms with Gasteiger partial charge in [-0.15, -0.1) is 11.3 Å². The second-order valence-electron chi connectivity index (χ2n) is 6.48. The van der Waals surface area contributed by atoms with E-state index >= 15 is 0 Å². The lowest BCUT2D eigenvalue weighted by molar-refractivity contribution is 0.0318. The summed E-state index contributed by atoms with van der Waals surface area (Å²) in [5.41, 5.74) is 3.94. The first kappa shape index (κ1) is 20.3. The van der Waals surface area contributed by atoms with E-state index in [1.165, 1.54) is 0 Å². The standard InChI is InChI=1S/C22H21NO3S2/c1-14-8-10-17(11-9-14)20(24)16(3)26-21(25)19-7-5-4-6-18(19)13-28-22-23-15(2)12-27-22/h4-12,16H,13H2,1-3H3/t16-/m0/s1. The molecule has 4 nitrogen and oxygen atoms in total. The van der Waals surface area contributed by atoms with Gasteiger partial charge in [0.1, 0.15) is 4.34 Å². The fourth-order valence-electron chi connectivity index (χ4n) is 2.61. The largest absolute Gasteiger partial charge is 0.451 e. The third-order valence-corrected chi connectivity index (χ3v) is 6.36. The van der Waals surface area contributed by atoms with Gasteiger partial charge in [0.05, 0.1) is 5.56 Å². The Kier molecular flexibility index (Phi) is 6.65. The number of hydrogen-bond donors (Lipinski definition) is 0. The van der Waals surface area contributed by atoms with Crippen LogP contribution in [0.5, 0.6) is 0 Å². The molecule has 0 amide bonds. The van der Waals surface area contributed by atoms with Gasteiger partial charge in [0.25, 0.3) is 0 Å². The van der Waals surface area contributed by atoms with Gasteiger partial charge in [0.15, 0.2) is 6.10 Å². The number of Topliss-reactive ketones (excluding diaryl/α,β-unsaturated/α-hetero) is 1. The van der Waals surface area contributed by atoms with E-state index in [9.17, 15) is 9.59 Å². The minimum absolute atomic E-state index is 0.210. The molecule has 0 aliphatic carbocycles. The molecular weight excluding hydrogens is 390 g/mol. The number of thioether (sulfide) groups is 1. The average Bonchev–Trinajstić information content (AvgIpc) is 3.11. The van der Waals surface area contributed by atoms with E-state index in [4.69, 9.17) is 4.74 Å². The lowest BCUT2D eigenvalue weighted by Gasteiger charge is -2.14. The quantitative estimate of drug-likeness (QED) is 0.293. The summed E-state index contributed by atoms with van der Waals surface area (Å²) in [6.45, 7) is 5.52. The van der Waals surface area contributed by atoms with Gasteiger partial charge in [0, 0.05) is 22.4 Å². The number of benzene rings is 2. The zero-order chi connectivity index (χ0) is 20.1. The van der Waals surface area contributed by atoms with Crippen molar-refractivity contribution < 1.29 is 14.3 Å². The van der Waals surface area contributed by atoms with Crippen LogP contribution in [0.1, 0.15) is 44.5 Å². The van der Waals surface area contributed by atoms with Crippen molar-refractivity contribution in [3.05, 3.63) is 81.9 Å². The van der Waals surface area contributed by atoms with Crippen LogP contribution < -0.4 is 0 Å². The number of esters is 1. The van der Waals surface area contributed by atoms with Crippen LogP contribution in [-0.4, -0.2) is 22.8 Å². The summed E-state index contributed by atoms with van der Waals surface area (Å²) in [6, 6.07) is 14.6. The minimum Gasteiger partial charge on any atom is -0.451 e. The summed E-state index contributed by atoms with van der Waals surface area (Å²) >= 11 is 3.17. The monoisotopic (exact) mass is 411 g/mol. The molecule has 3 aromatic rings. The predicted molar refractivity (Wildman–Crippen MR) is 113 cm³/mol. The van der Waals surface area contributed by atoms with Gasteiger partial charge in [-0.1, -0.05) is 59.8 Å². The Hall–Kier alpha value is -2.44. The fourth-order valence-corrected chi connectivity index (χ4v) is 4.47. The maximum Gasteiger partial charge on any atom is 0.339 e. The molecule has 0 spiro atoms. The number of nitrogens with zero attached hydrogens (tertiary/aromatic N) is 1. The normalized spacial score (nSPS) is 11.8. The van der Waals surface area contributed by atoms with E-state index < -0.39 is 12.1 Å². The minimum atomic E-state index is -0.850. The Labute approximate surface area is 173 Å². The van der Waals surface area contributed by atoms with Crippen LogP contribution in [0.3, 0.4) is 0 Å². The predicted octanol–water partition coefficient (Wildman–Crippen LogP) is 5.48. The van der Waals surface area contributed by atoms with Crippen LogP contribution in [0.2, 0.25) is 0 Å². The maximum absolute atomic E-state index is 12.7.